The number of unbranched alkanes of at least 4 members (excludes halogenated alkanes) is 1. The van der Waals surface area contributed by atoms with Crippen LogP contribution in [0.2, 0.25) is 36.3 Å². The summed E-state index contributed by atoms with van der Waals surface area (Å²) in [6.45, 7) is 15.5. The molecular weight excluding hydrogens is 609 g/mol. The average molecular weight is 661 g/mol. The van der Waals surface area contributed by atoms with Gasteiger partial charge in [-0.25, -0.2) is 8.42 Å². The molecule has 43 heavy (non-hydrogen) atoms. The lowest BCUT2D eigenvalue weighted by molar-refractivity contribution is 0.461. The Labute approximate surface area is 266 Å². The fraction of sp³-hybridized carbons (Fsp3) is 0.471. The molecule has 0 N–H and O–H groups in total. The summed E-state index contributed by atoms with van der Waals surface area (Å²) in [5.41, 5.74) is 0. The first-order valence-corrected chi connectivity index (χ1v) is 23.7. The minimum atomic E-state index is -3.94. The summed E-state index contributed by atoms with van der Waals surface area (Å²) in [6.07, 6.45) is 1.23. The van der Waals surface area contributed by atoms with Crippen molar-refractivity contribution in [2.75, 3.05) is 5.75 Å². The Balaban J connectivity index is 0.000000708. The summed E-state index contributed by atoms with van der Waals surface area (Å²) in [5, 5.41) is 0. The van der Waals surface area contributed by atoms with E-state index in [0.29, 0.717) is 6.42 Å². The summed E-state index contributed by atoms with van der Waals surface area (Å²) < 4.78 is 42.7. The van der Waals surface area contributed by atoms with Gasteiger partial charge in [0.15, 0.2) is 14.7 Å². The van der Waals surface area contributed by atoms with Crippen molar-refractivity contribution in [3.8, 4) is 11.5 Å². The van der Waals surface area contributed by atoms with Crippen LogP contribution in [0.5, 0.6) is 11.5 Å². The van der Waals surface area contributed by atoms with E-state index in [9.17, 15) is 13.0 Å². The Morgan fingerprint density at radius 3 is 1.21 bits per heavy atom. The van der Waals surface area contributed by atoms with Crippen molar-refractivity contribution in [3.63, 3.8) is 0 Å². The van der Waals surface area contributed by atoms with Gasteiger partial charge in [0, 0.05) is 5.75 Å². The minimum absolute atomic E-state index is 0.177. The maximum atomic E-state index is 9.83. The molecule has 9 heteroatoms. The van der Waals surface area contributed by atoms with Gasteiger partial charge in [-0.05, 0) is 103 Å². The van der Waals surface area contributed by atoms with Crippen LogP contribution in [0.1, 0.15) is 61.3 Å². The molecule has 0 saturated heterocycles. The summed E-state index contributed by atoms with van der Waals surface area (Å²) in [7, 11) is -7.46. The van der Waals surface area contributed by atoms with Crippen molar-refractivity contribution in [3.05, 3.63) is 78.9 Å². The molecule has 238 valence electrons. The number of rotatable bonds is 16. The lowest BCUT2D eigenvalue weighted by Crippen LogP contribution is -2.39. The Morgan fingerprint density at radius 1 is 0.581 bits per heavy atom. The van der Waals surface area contributed by atoms with Crippen LogP contribution in [-0.2, 0) is 21.0 Å². The van der Waals surface area contributed by atoms with E-state index < -0.39 is 26.8 Å². The van der Waals surface area contributed by atoms with Crippen molar-refractivity contribution in [2.45, 2.75) is 112 Å². The van der Waals surface area contributed by atoms with Gasteiger partial charge in [-0.3, -0.25) is 0 Å². The van der Waals surface area contributed by atoms with Crippen LogP contribution in [-0.4, -0.2) is 35.4 Å². The standard InChI is InChI=1S/C30H43O2SSi2.C4H10O3S/c1-7-34(8-2,9-3)31-26-18-22-29(23-19-26)33(28-16-14-13-15-17-28)30-24-20-27(21-25-30)32-35(10-4,11-5)12-6;1-2-3-4-8(5,6)7/h13-25H,7-12H2,1-6H3;2-4H2,1H3,(H,5,6,7)/q+1;/p-1. The lowest BCUT2D eigenvalue weighted by Gasteiger charge is -2.29. The zero-order valence-electron chi connectivity index (χ0n) is 27.2. The van der Waals surface area contributed by atoms with Crippen LogP contribution in [0.25, 0.3) is 0 Å². The van der Waals surface area contributed by atoms with Gasteiger partial charge in [0.2, 0.25) is 16.6 Å². The van der Waals surface area contributed by atoms with Crippen LogP contribution >= 0.6 is 0 Å². The van der Waals surface area contributed by atoms with Gasteiger partial charge >= 0.3 is 0 Å². The third-order valence-corrected chi connectivity index (χ3v) is 20.5. The van der Waals surface area contributed by atoms with Crippen molar-refractivity contribution >= 4 is 37.6 Å². The minimum Gasteiger partial charge on any atom is -0.748 e. The molecule has 0 bridgehead atoms. The quantitative estimate of drug-likeness (QED) is 0.0868. The first kappa shape index (κ1) is 37.1. The normalized spacial score (nSPS) is 12.0. The fourth-order valence-corrected chi connectivity index (χ4v) is 12.8. The predicted octanol–water partition coefficient (Wildman–Crippen LogP) is 9.88. The first-order chi connectivity index (χ1) is 20.5. The molecule has 0 amide bonds. The molecule has 0 aromatic heterocycles. The SMILES string of the molecule is CCCCS(=O)(=O)[O-].CC[Si](CC)(CC)Oc1ccc([S+](c2ccccc2)c2ccc(O[Si](CC)(CC)CC)cc2)cc1. The second-order valence-electron chi connectivity index (χ2n) is 10.9. The Kier molecular flexibility index (Phi) is 15.6. The maximum Gasteiger partial charge on any atom is 0.250 e. The van der Waals surface area contributed by atoms with E-state index in [0.717, 1.165) is 54.2 Å². The van der Waals surface area contributed by atoms with Crippen LogP contribution in [0.3, 0.4) is 0 Å². The molecule has 0 fully saturated rings. The monoisotopic (exact) mass is 660 g/mol. The molecule has 0 heterocycles. The molecule has 3 rings (SSSR count). The van der Waals surface area contributed by atoms with Gasteiger partial charge in [-0.1, -0.05) is 73.1 Å². The van der Waals surface area contributed by atoms with Gasteiger partial charge in [0.1, 0.15) is 11.5 Å². The maximum absolute atomic E-state index is 9.83. The third kappa shape index (κ3) is 11.4. The average Bonchev–Trinajstić information content (AvgIpc) is 3.04. The Hall–Kier alpha value is -2.05. The fourth-order valence-electron chi connectivity index (χ4n) is 5.01. The molecule has 0 unspecified atom stereocenters. The highest BCUT2D eigenvalue weighted by Gasteiger charge is 2.33. The Morgan fingerprint density at radius 2 is 0.930 bits per heavy atom. The number of hydrogen-bond acceptors (Lipinski definition) is 5. The summed E-state index contributed by atoms with van der Waals surface area (Å²) in [4.78, 5) is 3.95. The van der Waals surface area contributed by atoms with Crippen molar-refractivity contribution in [1.82, 2.24) is 0 Å². The Bertz CT molecular complexity index is 1210. The largest absolute Gasteiger partial charge is 0.748 e. The van der Waals surface area contributed by atoms with E-state index in [4.69, 9.17) is 8.85 Å². The zero-order chi connectivity index (χ0) is 31.9. The molecule has 0 aliphatic rings. The van der Waals surface area contributed by atoms with Crippen LogP contribution < -0.4 is 8.85 Å². The van der Waals surface area contributed by atoms with Gasteiger partial charge < -0.3 is 13.4 Å². The van der Waals surface area contributed by atoms with Crippen molar-refractivity contribution < 1.29 is 21.8 Å². The van der Waals surface area contributed by atoms with E-state index in [2.05, 4.69) is 120 Å². The molecule has 3 aromatic carbocycles. The number of hydrogen-bond donors (Lipinski definition) is 0. The summed E-state index contributed by atoms with van der Waals surface area (Å²) in [5.74, 6) is 1.82. The molecule has 5 nitrogen and oxygen atoms in total. The molecule has 0 aliphatic carbocycles. The topological polar surface area (TPSA) is 75.7 Å². The van der Waals surface area contributed by atoms with Crippen LogP contribution in [0.15, 0.2) is 93.5 Å². The highest BCUT2D eigenvalue weighted by Crippen LogP contribution is 2.35. The van der Waals surface area contributed by atoms with Crippen molar-refractivity contribution in [1.29, 1.82) is 0 Å². The molecule has 0 aliphatic heterocycles. The molecule has 0 spiro atoms. The van der Waals surface area contributed by atoms with Gasteiger partial charge in [0.25, 0.3) is 0 Å². The van der Waals surface area contributed by atoms with E-state index in [1.807, 2.05) is 6.92 Å². The lowest BCUT2D eigenvalue weighted by atomic mass is 10.3. The summed E-state index contributed by atoms with van der Waals surface area (Å²) in [6, 6.07) is 35.6. The second kappa shape index (κ2) is 18.1. The van der Waals surface area contributed by atoms with Crippen molar-refractivity contribution in [2.24, 2.45) is 0 Å². The molecule has 0 radical (unpaired) electrons. The predicted molar refractivity (Wildman–Crippen MR) is 187 cm³/mol. The van der Waals surface area contributed by atoms with E-state index in [1.165, 1.54) is 14.7 Å². The number of benzene rings is 3. The van der Waals surface area contributed by atoms with E-state index >= 15 is 0 Å². The highest BCUT2D eigenvalue weighted by molar-refractivity contribution is 7.97. The van der Waals surface area contributed by atoms with Gasteiger partial charge in [-0.15, -0.1) is 0 Å². The van der Waals surface area contributed by atoms with Gasteiger partial charge in [-0.2, -0.15) is 0 Å². The van der Waals surface area contributed by atoms with Crippen LogP contribution in [0.4, 0.5) is 0 Å². The van der Waals surface area contributed by atoms with Crippen LogP contribution in [0, 0.1) is 0 Å². The molecule has 0 atom stereocenters. The molecule has 3 aromatic rings. The second-order valence-corrected chi connectivity index (χ2v) is 23.8. The molecular formula is C34H52O5S2Si2. The van der Waals surface area contributed by atoms with Gasteiger partial charge in [0.05, 0.1) is 21.0 Å². The van der Waals surface area contributed by atoms with E-state index in [1.54, 1.807) is 0 Å². The third-order valence-electron chi connectivity index (χ3n) is 8.38. The molecule has 0 saturated carbocycles. The smallest absolute Gasteiger partial charge is 0.250 e. The zero-order valence-corrected chi connectivity index (χ0v) is 30.9. The first-order valence-electron chi connectivity index (χ1n) is 15.8. The highest BCUT2D eigenvalue weighted by atomic mass is 32.2. The van der Waals surface area contributed by atoms with E-state index in [-0.39, 0.29) is 16.6 Å². The summed E-state index contributed by atoms with van der Waals surface area (Å²) >= 11 is 0.